The van der Waals surface area contributed by atoms with Gasteiger partial charge in [-0.25, -0.2) is 9.78 Å². The van der Waals surface area contributed by atoms with E-state index in [0.29, 0.717) is 23.1 Å². The number of nitrogens with zero attached hydrogens (tertiary/aromatic N) is 4. The van der Waals surface area contributed by atoms with Gasteiger partial charge in [-0.15, -0.1) is 0 Å². The summed E-state index contributed by atoms with van der Waals surface area (Å²) < 4.78 is 8.94. The first-order chi connectivity index (χ1) is 15.4. The van der Waals surface area contributed by atoms with Gasteiger partial charge in [-0.1, -0.05) is 41.1 Å². The van der Waals surface area contributed by atoms with Crippen LogP contribution in [0.4, 0.5) is 0 Å². The maximum absolute atomic E-state index is 13.2. The fourth-order valence-corrected chi connectivity index (χ4v) is 4.12. The average Bonchev–Trinajstić information content (AvgIpc) is 3.17. The van der Waals surface area contributed by atoms with Crippen LogP contribution in [0.15, 0.2) is 63.0 Å². The number of rotatable bonds is 6. The third-order valence-corrected chi connectivity index (χ3v) is 5.89. The number of carbonyl (C=O) groups is 1. The third kappa shape index (κ3) is 3.98. The van der Waals surface area contributed by atoms with Crippen LogP contribution in [0.2, 0.25) is 0 Å². The number of aryl methyl sites for hydroxylation is 1. The number of esters is 1. The Morgan fingerprint density at radius 3 is 2.78 bits per heavy atom. The van der Waals surface area contributed by atoms with E-state index in [1.165, 1.54) is 11.8 Å². The van der Waals surface area contributed by atoms with Gasteiger partial charge in [0.1, 0.15) is 11.9 Å². The van der Waals surface area contributed by atoms with Crippen LogP contribution in [0.1, 0.15) is 37.7 Å². The standard InChI is InChI=1S/C24H23BrN4O3/c1-4-7-22-27-20-11-10-17(25)12-19(20)23(30)29(22)26-13-16-14-28(15(2)24(31)32-3)21-9-6-5-8-18(16)21/h5-6,8-15H,4,7H2,1-3H3/t15-/m1/s1. The number of carbonyl (C=O) groups excluding carboxylic acids is 1. The molecule has 0 saturated heterocycles. The Hall–Kier alpha value is -3.26. The summed E-state index contributed by atoms with van der Waals surface area (Å²) in [5.41, 5.74) is 2.10. The molecule has 0 radical (unpaired) electrons. The molecular formula is C24H23BrN4O3. The summed E-state index contributed by atoms with van der Waals surface area (Å²) in [5, 5.41) is 5.96. The van der Waals surface area contributed by atoms with Crippen molar-refractivity contribution in [3.63, 3.8) is 0 Å². The zero-order valence-corrected chi connectivity index (χ0v) is 19.7. The highest BCUT2D eigenvalue weighted by Crippen LogP contribution is 2.24. The van der Waals surface area contributed by atoms with Gasteiger partial charge in [0.2, 0.25) is 0 Å². The van der Waals surface area contributed by atoms with Crippen LogP contribution in [-0.4, -0.2) is 33.5 Å². The topological polar surface area (TPSA) is 78.5 Å². The molecule has 164 valence electrons. The van der Waals surface area contributed by atoms with Gasteiger partial charge in [-0.2, -0.15) is 9.78 Å². The molecule has 0 spiro atoms. The van der Waals surface area contributed by atoms with E-state index in [-0.39, 0.29) is 11.5 Å². The van der Waals surface area contributed by atoms with E-state index < -0.39 is 6.04 Å². The van der Waals surface area contributed by atoms with Gasteiger partial charge in [-0.05, 0) is 37.6 Å². The van der Waals surface area contributed by atoms with Gasteiger partial charge in [0.25, 0.3) is 5.56 Å². The Morgan fingerprint density at radius 1 is 1.25 bits per heavy atom. The van der Waals surface area contributed by atoms with E-state index in [9.17, 15) is 9.59 Å². The second-order valence-electron chi connectivity index (χ2n) is 7.51. The number of para-hydroxylation sites is 1. The lowest BCUT2D eigenvalue weighted by atomic mass is 10.2. The Morgan fingerprint density at radius 2 is 2.03 bits per heavy atom. The minimum Gasteiger partial charge on any atom is -0.467 e. The summed E-state index contributed by atoms with van der Waals surface area (Å²) in [6.45, 7) is 3.82. The van der Waals surface area contributed by atoms with Crippen LogP contribution in [-0.2, 0) is 16.0 Å². The minimum absolute atomic E-state index is 0.220. The fraction of sp³-hybridized carbons (Fsp3) is 0.250. The molecule has 2 aromatic heterocycles. The summed E-state index contributed by atoms with van der Waals surface area (Å²) in [6, 6.07) is 12.7. The average molecular weight is 495 g/mol. The molecule has 32 heavy (non-hydrogen) atoms. The Bertz CT molecular complexity index is 1400. The second kappa shape index (κ2) is 9.08. The molecule has 0 aliphatic rings. The number of hydrogen-bond donors (Lipinski definition) is 0. The molecule has 0 unspecified atom stereocenters. The smallest absolute Gasteiger partial charge is 0.328 e. The molecule has 0 saturated carbocycles. The second-order valence-corrected chi connectivity index (χ2v) is 8.42. The maximum Gasteiger partial charge on any atom is 0.328 e. The Kier molecular flexibility index (Phi) is 6.23. The summed E-state index contributed by atoms with van der Waals surface area (Å²) in [6.07, 6.45) is 4.96. The van der Waals surface area contributed by atoms with Crippen LogP contribution in [0, 0.1) is 0 Å². The lowest BCUT2D eigenvalue weighted by Crippen LogP contribution is -2.22. The molecule has 0 fully saturated rings. The maximum atomic E-state index is 13.2. The largest absolute Gasteiger partial charge is 0.467 e. The van der Waals surface area contributed by atoms with Crippen molar-refractivity contribution >= 4 is 49.9 Å². The lowest BCUT2D eigenvalue weighted by molar-refractivity contribution is -0.143. The molecular weight excluding hydrogens is 472 g/mol. The van der Waals surface area contributed by atoms with Crippen molar-refractivity contribution in [2.24, 2.45) is 5.10 Å². The highest BCUT2D eigenvalue weighted by molar-refractivity contribution is 9.10. The summed E-state index contributed by atoms with van der Waals surface area (Å²) in [4.78, 5) is 30.0. The number of methoxy groups -OCH3 is 1. The molecule has 7 nitrogen and oxygen atoms in total. The molecule has 2 aromatic carbocycles. The van der Waals surface area contributed by atoms with Crippen molar-refractivity contribution in [3.05, 3.63) is 74.9 Å². The number of ether oxygens (including phenoxy) is 1. The summed E-state index contributed by atoms with van der Waals surface area (Å²) in [7, 11) is 1.37. The molecule has 0 aliphatic carbocycles. The van der Waals surface area contributed by atoms with Crippen molar-refractivity contribution in [1.82, 2.24) is 14.2 Å². The molecule has 4 aromatic rings. The fourth-order valence-electron chi connectivity index (χ4n) is 3.76. The van der Waals surface area contributed by atoms with Crippen LogP contribution in [0.5, 0.6) is 0 Å². The van der Waals surface area contributed by atoms with Gasteiger partial charge in [-0.3, -0.25) is 4.79 Å². The first kappa shape index (κ1) is 22.0. The van der Waals surface area contributed by atoms with Gasteiger partial charge < -0.3 is 9.30 Å². The quantitative estimate of drug-likeness (QED) is 0.288. The predicted molar refractivity (Wildman–Crippen MR) is 129 cm³/mol. The molecule has 2 heterocycles. The third-order valence-electron chi connectivity index (χ3n) is 5.39. The molecule has 1 atom stereocenters. The normalized spacial score (nSPS) is 12.6. The number of aromatic nitrogens is 3. The molecule has 0 aliphatic heterocycles. The van der Waals surface area contributed by atoms with Crippen LogP contribution in [0.3, 0.4) is 0 Å². The molecule has 4 rings (SSSR count). The summed E-state index contributed by atoms with van der Waals surface area (Å²) in [5.74, 6) is 0.273. The SMILES string of the molecule is CCCc1nc2ccc(Br)cc2c(=O)n1N=Cc1cn([C@H](C)C(=O)OC)c2ccccc12. The first-order valence-corrected chi connectivity index (χ1v) is 11.2. The first-order valence-electron chi connectivity index (χ1n) is 10.4. The Labute approximate surface area is 193 Å². The van der Waals surface area contributed by atoms with Crippen molar-refractivity contribution < 1.29 is 9.53 Å². The molecule has 0 N–H and O–H groups in total. The zero-order valence-electron chi connectivity index (χ0n) is 18.1. The summed E-state index contributed by atoms with van der Waals surface area (Å²) >= 11 is 3.42. The Balaban J connectivity index is 1.86. The molecule has 0 bridgehead atoms. The van der Waals surface area contributed by atoms with E-state index >= 15 is 0 Å². The van der Waals surface area contributed by atoms with Gasteiger partial charge in [0.15, 0.2) is 0 Å². The zero-order chi connectivity index (χ0) is 22.8. The van der Waals surface area contributed by atoms with Gasteiger partial charge in [0, 0.05) is 33.6 Å². The monoisotopic (exact) mass is 494 g/mol. The van der Waals surface area contributed by atoms with Gasteiger partial charge in [0.05, 0.1) is 24.2 Å². The van der Waals surface area contributed by atoms with Crippen molar-refractivity contribution in [2.75, 3.05) is 7.11 Å². The number of fused-ring (bicyclic) bond motifs is 2. The number of halogens is 1. The van der Waals surface area contributed by atoms with E-state index in [0.717, 1.165) is 27.4 Å². The van der Waals surface area contributed by atoms with Crippen LogP contribution in [0.25, 0.3) is 21.8 Å². The van der Waals surface area contributed by atoms with Crippen molar-refractivity contribution in [2.45, 2.75) is 32.7 Å². The van der Waals surface area contributed by atoms with E-state index in [4.69, 9.17) is 4.74 Å². The highest BCUT2D eigenvalue weighted by Gasteiger charge is 2.19. The van der Waals surface area contributed by atoms with Crippen LogP contribution < -0.4 is 5.56 Å². The lowest BCUT2D eigenvalue weighted by Gasteiger charge is -2.12. The predicted octanol–water partition coefficient (Wildman–Crippen LogP) is 4.68. The van der Waals surface area contributed by atoms with E-state index in [2.05, 4.69) is 26.0 Å². The molecule has 0 amide bonds. The van der Waals surface area contributed by atoms with E-state index in [1.54, 1.807) is 19.2 Å². The highest BCUT2D eigenvalue weighted by atomic mass is 79.9. The van der Waals surface area contributed by atoms with Crippen molar-refractivity contribution in [1.29, 1.82) is 0 Å². The van der Waals surface area contributed by atoms with Crippen molar-refractivity contribution in [3.8, 4) is 0 Å². The molecule has 8 heteroatoms. The van der Waals surface area contributed by atoms with Crippen LogP contribution >= 0.6 is 15.9 Å². The number of hydrogen-bond acceptors (Lipinski definition) is 5. The van der Waals surface area contributed by atoms with E-state index in [1.807, 2.05) is 54.1 Å². The number of benzene rings is 2. The minimum atomic E-state index is -0.495. The van der Waals surface area contributed by atoms with Gasteiger partial charge >= 0.3 is 5.97 Å².